The van der Waals surface area contributed by atoms with Crippen molar-refractivity contribution in [2.24, 2.45) is 0 Å². The van der Waals surface area contributed by atoms with Gasteiger partial charge < -0.3 is 14.8 Å². The second-order valence-electron chi connectivity index (χ2n) is 7.76. The van der Waals surface area contributed by atoms with Gasteiger partial charge in [-0.2, -0.15) is 0 Å². The zero-order valence-corrected chi connectivity index (χ0v) is 23.2. The normalized spacial score (nSPS) is 14.3. The van der Waals surface area contributed by atoms with Crippen LogP contribution in [-0.2, 0) is 16.2 Å². The first-order valence-corrected chi connectivity index (χ1v) is 13.2. The number of benzene rings is 3. The lowest BCUT2D eigenvalue weighted by atomic mass is 10.1. The molecule has 11 heteroatoms. The van der Waals surface area contributed by atoms with Crippen molar-refractivity contribution in [3.05, 3.63) is 91.2 Å². The SMILES string of the molecule is COc1ccc(NC(=O)CN2C(=O)S/C(=C/c3cc(Br)ccc3OCc3ccc(Cl)c(Cl)c3)C2=O)cc1. The summed E-state index contributed by atoms with van der Waals surface area (Å²) in [6.45, 7) is -0.195. The number of imide groups is 1. The van der Waals surface area contributed by atoms with Crippen LogP contribution < -0.4 is 14.8 Å². The number of anilines is 1. The Kier molecular flexibility index (Phi) is 8.81. The topological polar surface area (TPSA) is 84.9 Å². The van der Waals surface area contributed by atoms with Crippen molar-refractivity contribution in [2.45, 2.75) is 6.61 Å². The summed E-state index contributed by atoms with van der Waals surface area (Å²) in [5.41, 5.74) is 1.92. The van der Waals surface area contributed by atoms with Crippen LogP contribution in [0.1, 0.15) is 11.1 Å². The van der Waals surface area contributed by atoms with Crippen molar-refractivity contribution in [3.63, 3.8) is 0 Å². The molecule has 7 nitrogen and oxygen atoms in total. The molecule has 0 aliphatic carbocycles. The van der Waals surface area contributed by atoms with E-state index in [9.17, 15) is 14.4 Å². The molecule has 0 saturated carbocycles. The first-order valence-electron chi connectivity index (χ1n) is 10.8. The molecule has 1 aliphatic rings. The van der Waals surface area contributed by atoms with Crippen molar-refractivity contribution in [1.82, 2.24) is 4.90 Å². The molecule has 3 aromatic carbocycles. The monoisotopic (exact) mass is 620 g/mol. The van der Waals surface area contributed by atoms with Gasteiger partial charge in [0.2, 0.25) is 5.91 Å². The second-order valence-corrected chi connectivity index (χ2v) is 10.5. The molecular formula is C26H19BrCl2N2O5S. The van der Waals surface area contributed by atoms with Crippen LogP contribution in [0.3, 0.4) is 0 Å². The van der Waals surface area contributed by atoms with E-state index in [4.69, 9.17) is 32.7 Å². The molecular weight excluding hydrogens is 603 g/mol. The molecule has 3 amide bonds. The smallest absolute Gasteiger partial charge is 0.294 e. The van der Waals surface area contributed by atoms with Crippen molar-refractivity contribution in [1.29, 1.82) is 0 Å². The van der Waals surface area contributed by atoms with E-state index < -0.39 is 23.6 Å². The molecule has 1 saturated heterocycles. The molecule has 0 aromatic heterocycles. The number of ether oxygens (including phenoxy) is 2. The average molecular weight is 622 g/mol. The van der Waals surface area contributed by atoms with Gasteiger partial charge in [0.1, 0.15) is 24.7 Å². The summed E-state index contributed by atoms with van der Waals surface area (Å²) < 4.78 is 11.8. The Morgan fingerprint density at radius 2 is 1.81 bits per heavy atom. The summed E-state index contributed by atoms with van der Waals surface area (Å²) in [6, 6.07) is 17.2. The minimum absolute atomic E-state index is 0.180. The molecule has 0 radical (unpaired) electrons. The number of carbonyl (C=O) groups is 3. The van der Waals surface area contributed by atoms with Crippen molar-refractivity contribution in [3.8, 4) is 11.5 Å². The Balaban J connectivity index is 1.46. The van der Waals surface area contributed by atoms with Gasteiger partial charge in [0, 0.05) is 15.7 Å². The summed E-state index contributed by atoms with van der Waals surface area (Å²) in [7, 11) is 1.54. The molecule has 0 bridgehead atoms. The minimum atomic E-state index is -0.560. The van der Waals surface area contributed by atoms with E-state index >= 15 is 0 Å². The fraction of sp³-hybridized carbons (Fsp3) is 0.115. The summed E-state index contributed by atoms with van der Waals surface area (Å²) in [6.07, 6.45) is 1.57. The van der Waals surface area contributed by atoms with E-state index in [0.717, 1.165) is 26.7 Å². The van der Waals surface area contributed by atoms with Crippen LogP contribution in [0.5, 0.6) is 11.5 Å². The van der Waals surface area contributed by atoms with Crippen molar-refractivity contribution < 1.29 is 23.9 Å². The first-order chi connectivity index (χ1) is 17.7. The second kappa shape index (κ2) is 12.0. The molecule has 3 aromatic rings. The Bertz CT molecular complexity index is 1400. The highest BCUT2D eigenvalue weighted by Crippen LogP contribution is 2.35. The maximum absolute atomic E-state index is 13.0. The van der Waals surface area contributed by atoms with E-state index in [1.165, 1.54) is 0 Å². The number of halogens is 3. The van der Waals surface area contributed by atoms with Gasteiger partial charge in [0.15, 0.2) is 0 Å². The molecule has 1 aliphatic heterocycles. The van der Waals surface area contributed by atoms with E-state index in [0.29, 0.717) is 32.8 Å². The van der Waals surface area contributed by atoms with E-state index in [1.54, 1.807) is 73.8 Å². The quantitative estimate of drug-likeness (QED) is 0.272. The minimum Gasteiger partial charge on any atom is -0.497 e. The number of nitrogens with one attached hydrogen (secondary N) is 1. The van der Waals surface area contributed by atoms with Gasteiger partial charge in [-0.1, -0.05) is 45.2 Å². The van der Waals surface area contributed by atoms with E-state index in [1.807, 2.05) is 0 Å². The molecule has 37 heavy (non-hydrogen) atoms. The lowest BCUT2D eigenvalue weighted by molar-refractivity contribution is -0.127. The predicted octanol–water partition coefficient (Wildman–Crippen LogP) is 7.02. The third-order valence-electron chi connectivity index (χ3n) is 5.19. The number of methoxy groups -OCH3 is 1. The Labute approximate surface area is 235 Å². The molecule has 0 unspecified atom stereocenters. The van der Waals surface area contributed by atoms with Gasteiger partial charge in [-0.05, 0) is 78.0 Å². The highest BCUT2D eigenvalue weighted by atomic mass is 79.9. The number of nitrogens with zero attached hydrogens (tertiary/aromatic N) is 1. The largest absolute Gasteiger partial charge is 0.497 e. The van der Waals surface area contributed by atoms with Gasteiger partial charge in [0.05, 0.1) is 22.1 Å². The number of hydrogen-bond acceptors (Lipinski definition) is 6. The molecule has 1 fully saturated rings. The van der Waals surface area contributed by atoms with Crippen molar-refractivity contribution >= 4 is 79.7 Å². The number of amides is 3. The molecule has 1 N–H and O–H groups in total. The van der Waals surface area contributed by atoms with Crippen LogP contribution in [0.15, 0.2) is 70.0 Å². The predicted molar refractivity (Wildman–Crippen MR) is 149 cm³/mol. The Morgan fingerprint density at radius 3 is 2.51 bits per heavy atom. The van der Waals surface area contributed by atoms with Gasteiger partial charge in [0.25, 0.3) is 11.1 Å². The van der Waals surface area contributed by atoms with Crippen LogP contribution in [0.2, 0.25) is 10.0 Å². The molecule has 1 heterocycles. The van der Waals surface area contributed by atoms with E-state index in [2.05, 4.69) is 21.2 Å². The zero-order valence-electron chi connectivity index (χ0n) is 19.3. The van der Waals surface area contributed by atoms with Gasteiger partial charge in [-0.15, -0.1) is 0 Å². The molecule has 4 rings (SSSR count). The summed E-state index contributed by atoms with van der Waals surface area (Å²) >= 11 is 16.2. The third-order valence-corrected chi connectivity index (χ3v) is 7.33. The number of thioether (sulfide) groups is 1. The summed E-state index contributed by atoms with van der Waals surface area (Å²) in [5.74, 6) is 0.0809. The van der Waals surface area contributed by atoms with Gasteiger partial charge in [-0.3, -0.25) is 19.3 Å². The number of carbonyl (C=O) groups excluding carboxylic acids is 3. The molecule has 190 valence electrons. The maximum atomic E-state index is 13.0. The Morgan fingerprint density at radius 1 is 1.05 bits per heavy atom. The van der Waals surface area contributed by atoms with Crippen LogP contribution in [0.4, 0.5) is 10.5 Å². The average Bonchev–Trinajstić information content (AvgIpc) is 3.13. The standard InChI is InChI=1S/C26H19BrCl2N2O5S/c1-35-19-6-4-18(5-7-19)30-24(32)13-31-25(33)23(37-26(31)34)12-16-11-17(27)3-9-22(16)36-14-15-2-8-20(28)21(29)10-15/h2-12H,13-14H2,1H3,(H,30,32)/b23-12+. The fourth-order valence-corrected chi connectivity index (χ4v) is 4.88. The third kappa shape index (κ3) is 6.87. The lowest BCUT2D eigenvalue weighted by Gasteiger charge is -2.13. The van der Waals surface area contributed by atoms with Gasteiger partial charge in [-0.25, -0.2) is 0 Å². The van der Waals surface area contributed by atoms with Crippen LogP contribution in [0, 0.1) is 0 Å². The van der Waals surface area contributed by atoms with Crippen LogP contribution in [-0.4, -0.2) is 35.6 Å². The maximum Gasteiger partial charge on any atom is 0.294 e. The van der Waals surface area contributed by atoms with Crippen LogP contribution in [0.25, 0.3) is 6.08 Å². The van der Waals surface area contributed by atoms with Crippen LogP contribution >= 0.6 is 50.9 Å². The molecule has 0 atom stereocenters. The lowest BCUT2D eigenvalue weighted by Crippen LogP contribution is -2.36. The Hall–Kier alpha value is -2.98. The number of rotatable bonds is 8. The first kappa shape index (κ1) is 27.1. The highest BCUT2D eigenvalue weighted by molar-refractivity contribution is 9.10. The summed E-state index contributed by atoms with van der Waals surface area (Å²) in [5, 5.41) is 3.00. The fourth-order valence-electron chi connectivity index (χ4n) is 3.35. The highest BCUT2D eigenvalue weighted by Gasteiger charge is 2.36. The van der Waals surface area contributed by atoms with Crippen molar-refractivity contribution in [2.75, 3.05) is 19.0 Å². The zero-order chi connectivity index (χ0) is 26.5. The van der Waals surface area contributed by atoms with E-state index in [-0.39, 0.29) is 11.5 Å². The van der Waals surface area contributed by atoms with Gasteiger partial charge >= 0.3 is 0 Å². The summed E-state index contributed by atoms with van der Waals surface area (Å²) in [4.78, 5) is 39.1. The number of hydrogen-bond donors (Lipinski definition) is 1. The molecule has 0 spiro atoms.